The SMILES string of the molecule is C=Cc1cc(C(=O)N(CCO)CCO)cc(C(=O)N(CCO)CCO)c1. The van der Waals surface area contributed by atoms with Crippen LogP contribution < -0.4 is 0 Å². The Hall–Kier alpha value is -2.26. The minimum atomic E-state index is -0.429. The molecular weight excluding hydrogens is 340 g/mol. The summed E-state index contributed by atoms with van der Waals surface area (Å²) in [6, 6.07) is 4.55. The summed E-state index contributed by atoms with van der Waals surface area (Å²) in [6.45, 7) is 2.89. The van der Waals surface area contributed by atoms with E-state index in [0.717, 1.165) is 0 Å². The zero-order valence-corrected chi connectivity index (χ0v) is 14.7. The van der Waals surface area contributed by atoms with Crippen molar-refractivity contribution >= 4 is 17.9 Å². The molecule has 1 rings (SSSR count). The zero-order chi connectivity index (χ0) is 19.5. The first-order chi connectivity index (χ1) is 12.5. The normalized spacial score (nSPS) is 10.5. The monoisotopic (exact) mass is 366 g/mol. The van der Waals surface area contributed by atoms with Crippen molar-refractivity contribution in [3.63, 3.8) is 0 Å². The molecule has 0 fully saturated rings. The van der Waals surface area contributed by atoms with Gasteiger partial charge in [-0.15, -0.1) is 0 Å². The minimum Gasteiger partial charge on any atom is -0.395 e. The number of benzene rings is 1. The lowest BCUT2D eigenvalue weighted by molar-refractivity contribution is 0.0680. The van der Waals surface area contributed by atoms with Gasteiger partial charge in [-0.3, -0.25) is 9.59 Å². The van der Waals surface area contributed by atoms with Gasteiger partial charge in [0.2, 0.25) is 0 Å². The van der Waals surface area contributed by atoms with Crippen molar-refractivity contribution in [2.75, 3.05) is 52.6 Å². The molecule has 4 N–H and O–H groups in total. The number of hydrogen-bond acceptors (Lipinski definition) is 6. The molecule has 8 nitrogen and oxygen atoms in total. The standard InChI is InChI=1S/C18H26N2O6/c1-2-14-11-15(17(25)19(3-7-21)4-8-22)13-16(12-14)18(26)20(5-9-23)6-10-24/h2,11-13,21-24H,1,3-10H2. The van der Waals surface area contributed by atoms with Crippen molar-refractivity contribution in [2.45, 2.75) is 0 Å². The molecule has 0 aliphatic rings. The molecule has 1 aromatic rings. The molecule has 0 aliphatic heterocycles. The van der Waals surface area contributed by atoms with Gasteiger partial charge < -0.3 is 30.2 Å². The summed E-state index contributed by atoms with van der Waals surface area (Å²) in [6.07, 6.45) is 1.50. The first-order valence-electron chi connectivity index (χ1n) is 8.31. The first kappa shape index (κ1) is 21.8. The number of aliphatic hydroxyl groups is 4. The predicted octanol–water partition coefficient (Wildman–Crippen LogP) is -0.817. The Kier molecular flexibility index (Phi) is 9.53. The lowest BCUT2D eigenvalue weighted by atomic mass is 10.0. The Morgan fingerprint density at radius 2 is 1.12 bits per heavy atom. The van der Waals surface area contributed by atoms with Crippen LogP contribution in [0.5, 0.6) is 0 Å². The smallest absolute Gasteiger partial charge is 0.254 e. The van der Waals surface area contributed by atoms with E-state index in [1.807, 2.05) is 0 Å². The van der Waals surface area contributed by atoms with Crippen molar-refractivity contribution in [3.8, 4) is 0 Å². The molecule has 0 bridgehead atoms. The van der Waals surface area contributed by atoms with Gasteiger partial charge in [0, 0.05) is 37.3 Å². The topological polar surface area (TPSA) is 122 Å². The summed E-state index contributed by atoms with van der Waals surface area (Å²) in [5.41, 5.74) is 1.00. The van der Waals surface area contributed by atoms with E-state index in [9.17, 15) is 9.59 Å². The summed E-state index contributed by atoms with van der Waals surface area (Å²) >= 11 is 0. The molecule has 144 valence electrons. The van der Waals surface area contributed by atoms with Crippen LogP contribution in [-0.2, 0) is 0 Å². The van der Waals surface area contributed by atoms with Crippen LogP contribution >= 0.6 is 0 Å². The summed E-state index contributed by atoms with van der Waals surface area (Å²) in [5.74, 6) is -0.858. The number of carbonyl (C=O) groups is 2. The molecule has 0 aliphatic carbocycles. The Morgan fingerprint density at radius 3 is 1.38 bits per heavy atom. The quantitative estimate of drug-likeness (QED) is 0.406. The second-order valence-electron chi connectivity index (χ2n) is 5.53. The minimum absolute atomic E-state index is 0.0577. The lowest BCUT2D eigenvalue weighted by Gasteiger charge is -2.23. The van der Waals surface area contributed by atoms with Crippen LogP contribution in [0.3, 0.4) is 0 Å². The summed E-state index contributed by atoms with van der Waals surface area (Å²) in [5, 5.41) is 36.4. The van der Waals surface area contributed by atoms with E-state index >= 15 is 0 Å². The fourth-order valence-electron chi connectivity index (χ4n) is 2.49. The average molecular weight is 366 g/mol. The number of rotatable bonds is 11. The predicted molar refractivity (Wildman–Crippen MR) is 96.7 cm³/mol. The van der Waals surface area contributed by atoms with Crippen LogP contribution in [0, 0.1) is 0 Å². The second-order valence-corrected chi connectivity index (χ2v) is 5.53. The Morgan fingerprint density at radius 1 is 0.769 bits per heavy atom. The van der Waals surface area contributed by atoms with Crippen LogP contribution in [-0.4, -0.2) is 94.6 Å². The Labute approximate surface area is 152 Å². The summed E-state index contributed by atoms with van der Waals surface area (Å²) in [4.78, 5) is 27.9. The fraction of sp³-hybridized carbons (Fsp3) is 0.444. The number of aliphatic hydroxyl groups excluding tert-OH is 4. The van der Waals surface area contributed by atoms with Gasteiger partial charge in [-0.1, -0.05) is 12.7 Å². The maximum Gasteiger partial charge on any atom is 0.254 e. The molecular formula is C18H26N2O6. The third-order valence-corrected chi connectivity index (χ3v) is 3.74. The molecule has 26 heavy (non-hydrogen) atoms. The third-order valence-electron chi connectivity index (χ3n) is 3.74. The molecule has 0 saturated carbocycles. The summed E-state index contributed by atoms with van der Waals surface area (Å²) in [7, 11) is 0. The highest BCUT2D eigenvalue weighted by molar-refractivity contribution is 6.00. The highest BCUT2D eigenvalue weighted by Gasteiger charge is 2.20. The molecule has 1 aromatic carbocycles. The van der Waals surface area contributed by atoms with Crippen LogP contribution in [0.1, 0.15) is 26.3 Å². The van der Waals surface area contributed by atoms with Gasteiger partial charge in [0.1, 0.15) is 0 Å². The Balaban J connectivity index is 3.23. The van der Waals surface area contributed by atoms with Gasteiger partial charge >= 0.3 is 0 Å². The molecule has 8 heteroatoms. The van der Waals surface area contributed by atoms with Gasteiger partial charge in [-0.05, 0) is 23.8 Å². The fourth-order valence-corrected chi connectivity index (χ4v) is 2.49. The third kappa shape index (κ3) is 5.92. The van der Waals surface area contributed by atoms with Crippen molar-refractivity contribution in [3.05, 3.63) is 41.5 Å². The number of carbonyl (C=O) groups excluding carboxylic acids is 2. The first-order valence-corrected chi connectivity index (χ1v) is 8.31. The highest BCUT2D eigenvalue weighted by Crippen LogP contribution is 2.16. The maximum atomic E-state index is 12.7. The van der Waals surface area contributed by atoms with E-state index in [2.05, 4.69) is 6.58 Å². The molecule has 0 spiro atoms. The van der Waals surface area contributed by atoms with Crippen LogP contribution in [0.2, 0.25) is 0 Å². The lowest BCUT2D eigenvalue weighted by Crippen LogP contribution is -2.37. The number of hydrogen-bond donors (Lipinski definition) is 4. The molecule has 0 saturated heterocycles. The zero-order valence-electron chi connectivity index (χ0n) is 14.7. The van der Waals surface area contributed by atoms with E-state index in [1.54, 1.807) is 12.1 Å². The van der Waals surface area contributed by atoms with Gasteiger partial charge in [-0.25, -0.2) is 0 Å². The maximum absolute atomic E-state index is 12.7. The highest BCUT2D eigenvalue weighted by atomic mass is 16.3. The van der Waals surface area contributed by atoms with Crippen LogP contribution in [0.4, 0.5) is 0 Å². The van der Waals surface area contributed by atoms with Crippen molar-refractivity contribution < 1.29 is 30.0 Å². The van der Waals surface area contributed by atoms with Crippen molar-refractivity contribution in [2.24, 2.45) is 0 Å². The molecule has 0 aromatic heterocycles. The van der Waals surface area contributed by atoms with Gasteiger partial charge in [0.05, 0.1) is 26.4 Å². The van der Waals surface area contributed by atoms with Crippen molar-refractivity contribution in [1.29, 1.82) is 0 Å². The largest absolute Gasteiger partial charge is 0.395 e. The second kappa shape index (κ2) is 11.4. The van der Waals surface area contributed by atoms with Gasteiger partial charge in [0.25, 0.3) is 11.8 Å². The molecule has 0 heterocycles. The van der Waals surface area contributed by atoms with E-state index in [4.69, 9.17) is 20.4 Å². The summed E-state index contributed by atoms with van der Waals surface area (Å²) < 4.78 is 0. The van der Waals surface area contributed by atoms with E-state index < -0.39 is 11.8 Å². The van der Waals surface area contributed by atoms with E-state index in [-0.39, 0.29) is 63.7 Å². The average Bonchev–Trinajstić information content (AvgIpc) is 2.66. The molecule has 0 radical (unpaired) electrons. The molecule has 2 amide bonds. The van der Waals surface area contributed by atoms with Crippen molar-refractivity contribution in [1.82, 2.24) is 9.80 Å². The molecule has 0 atom stereocenters. The number of amides is 2. The van der Waals surface area contributed by atoms with E-state index in [1.165, 1.54) is 21.9 Å². The molecule has 0 unspecified atom stereocenters. The van der Waals surface area contributed by atoms with Gasteiger partial charge in [-0.2, -0.15) is 0 Å². The van der Waals surface area contributed by atoms with E-state index in [0.29, 0.717) is 5.56 Å². The van der Waals surface area contributed by atoms with Crippen LogP contribution in [0.15, 0.2) is 24.8 Å². The van der Waals surface area contributed by atoms with Crippen LogP contribution in [0.25, 0.3) is 6.08 Å². The number of nitrogens with zero attached hydrogens (tertiary/aromatic N) is 2. The van der Waals surface area contributed by atoms with Gasteiger partial charge in [0.15, 0.2) is 0 Å². The Bertz CT molecular complexity index is 561.